The van der Waals surface area contributed by atoms with Crippen molar-refractivity contribution in [1.82, 2.24) is 10.4 Å². The Kier molecular flexibility index (Phi) is 5.62. The molecule has 0 saturated heterocycles. The first-order valence-corrected chi connectivity index (χ1v) is 11.0. The minimum absolute atomic E-state index is 0.153. The van der Waals surface area contributed by atoms with E-state index in [1.165, 1.54) is 16.7 Å². The summed E-state index contributed by atoms with van der Waals surface area (Å²) in [6.07, 6.45) is 5.02. The highest BCUT2D eigenvalue weighted by molar-refractivity contribution is 8.02. The van der Waals surface area contributed by atoms with E-state index in [4.69, 9.17) is 13.9 Å². The number of allylic oxidation sites excluding steroid dienone is 2. The van der Waals surface area contributed by atoms with Gasteiger partial charge >= 0.3 is 0 Å². The lowest BCUT2D eigenvalue weighted by Gasteiger charge is -2.24. The fourth-order valence-corrected chi connectivity index (χ4v) is 4.57. The van der Waals surface area contributed by atoms with Gasteiger partial charge in [-0.2, -0.15) is 5.10 Å². The zero-order valence-electron chi connectivity index (χ0n) is 16.7. The molecule has 0 spiro atoms. The normalized spacial score (nSPS) is 18.5. The summed E-state index contributed by atoms with van der Waals surface area (Å²) in [6.45, 7) is 0.153. The van der Waals surface area contributed by atoms with Crippen molar-refractivity contribution in [3.05, 3.63) is 59.0 Å². The van der Waals surface area contributed by atoms with Gasteiger partial charge in [-0.1, -0.05) is 24.3 Å². The molecule has 1 aliphatic heterocycles. The monoisotopic (exact) mass is 435 g/mol. The number of hydrogen-bond acceptors (Lipinski definition) is 7. The molecule has 8 heteroatoms. The summed E-state index contributed by atoms with van der Waals surface area (Å²) in [5.41, 5.74) is 5.29. The Morgan fingerprint density at radius 1 is 1.10 bits per heavy atom. The number of carbonyl (C=O) groups is 1. The first-order chi connectivity index (χ1) is 15.3. The van der Waals surface area contributed by atoms with Gasteiger partial charge in [0.25, 0.3) is 11.1 Å². The van der Waals surface area contributed by atoms with Crippen LogP contribution in [0.4, 0.5) is 0 Å². The molecule has 1 aliphatic carbocycles. The summed E-state index contributed by atoms with van der Waals surface area (Å²) < 4.78 is 17.2. The van der Waals surface area contributed by atoms with E-state index in [2.05, 4.69) is 15.5 Å². The average molecular weight is 436 g/mol. The quantitative estimate of drug-likeness (QED) is 0.462. The summed E-state index contributed by atoms with van der Waals surface area (Å²) >= 11 is 1.53. The van der Waals surface area contributed by atoms with E-state index in [-0.39, 0.29) is 12.5 Å². The number of ether oxygens (including phenoxy) is 2. The zero-order chi connectivity index (χ0) is 21.0. The van der Waals surface area contributed by atoms with Gasteiger partial charge in [0.05, 0.1) is 6.21 Å². The largest absolute Gasteiger partial charge is 0.485 e. The molecule has 0 saturated carbocycles. The van der Waals surface area contributed by atoms with Crippen LogP contribution in [0.25, 0.3) is 11.1 Å². The lowest BCUT2D eigenvalue weighted by atomic mass is 10.0. The highest BCUT2D eigenvalue weighted by Crippen LogP contribution is 2.37. The van der Waals surface area contributed by atoms with E-state index in [0.29, 0.717) is 16.7 Å². The summed E-state index contributed by atoms with van der Waals surface area (Å²) in [7, 11) is 0. The molecule has 2 aliphatic rings. The number of nitrogens with zero attached hydrogens (tertiary/aromatic N) is 2. The molecule has 1 N–H and O–H groups in total. The number of aromatic nitrogens is 1. The van der Waals surface area contributed by atoms with Gasteiger partial charge in [-0.05, 0) is 72.2 Å². The van der Waals surface area contributed by atoms with Crippen molar-refractivity contribution in [2.45, 2.75) is 37.0 Å². The Morgan fingerprint density at radius 3 is 2.81 bits per heavy atom. The van der Waals surface area contributed by atoms with Crippen LogP contribution in [0.5, 0.6) is 11.5 Å². The van der Waals surface area contributed by atoms with Crippen LogP contribution in [0, 0.1) is 0 Å². The molecule has 0 bridgehead atoms. The lowest BCUT2D eigenvalue weighted by molar-refractivity contribution is -0.130. The minimum atomic E-state index is -0.735. The van der Waals surface area contributed by atoms with Gasteiger partial charge in [0, 0.05) is 0 Å². The third kappa shape index (κ3) is 4.44. The van der Waals surface area contributed by atoms with E-state index in [1.54, 1.807) is 12.3 Å². The zero-order valence-corrected chi connectivity index (χ0v) is 17.6. The first-order valence-electron chi connectivity index (χ1n) is 10.2. The maximum Gasteiger partial charge on any atom is 0.284 e. The second-order valence-electron chi connectivity index (χ2n) is 7.30. The second kappa shape index (κ2) is 8.85. The summed E-state index contributed by atoms with van der Waals surface area (Å²) in [5.74, 6) is 0.864. The number of hydrogen-bond donors (Lipinski definition) is 1. The van der Waals surface area contributed by atoms with Gasteiger partial charge in [-0.15, -0.1) is 0 Å². The minimum Gasteiger partial charge on any atom is -0.485 e. The van der Waals surface area contributed by atoms with Gasteiger partial charge in [0.2, 0.25) is 6.10 Å². The summed E-state index contributed by atoms with van der Waals surface area (Å²) in [5, 5.41) is 4.80. The number of rotatable bonds is 5. The van der Waals surface area contributed by atoms with Crippen LogP contribution < -0.4 is 14.9 Å². The Morgan fingerprint density at radius 2 is 1.90 bits per heavy atom. The molecule has 3 aromatic rings. The first kappa shape index (κ1) is 19.7. The molecule has 1 amide bonds. The summed E-state index contributed by atoms with van der Waals surface area (Å²) in [6, 6.07) is 15.0. The average Bonchev–Trinajstić information content (AvgIpc) is 3.22. The van der Waals surface area contributed by atoms with Crippen LogP contribution >= 0.6 is 11.8 Å². The van der Waals surface area contributed by atoms with Crippen molar-refractivity contribution in [3.63, 3.8) is 0 Å². The molecule has 1 atom stereocenters. The SMILES string of the molecule is O=C(N/N=C\C1=C(Sc2nc3ccccc3o2)CCCC1)[C@H]1COc2ccccc2O1. The third-order valence-electron chi connectivity index (χ3n) is 5.14. The Balaban J connectivity index is 1.25. The van der Waals surface area contributed by atoms with Gasteiger partial charge in [-0.3, -0.25) is 4.79 Å². The van der Waals surface area contributed by atoms with Crippen LogP contribution in [-0.4, -0.2) is 29.8 Å². The number of para-hydroxylation sites is 4. The summed E-state index contributed by atoms with van der Waals surface area (Å²) in [4.78, 5) is 18.2. The maximum absolute atomic E-state index is 12.4. The highest BCUT2D eigenvalue weighted by atomic mass is 32.2. The van der Waals surface area contributed by atoms with E-state index in [0.717, 1.165) is 42.4 Å². The molecule has 5 rings (SSSR count). The number of amides is 1. The Bertz CT molecular complexity index is 1140. The van der Waals surface area contributed by atoms with Crippen LogP contribution in [0.15, 0.2) is 73.8 Å². The van der Waals surface area contributed by atoms with E-state index < -0.39 is 6.10 Å². The van der Waals surface area contributed by atoms with Crippen molar-refractivity contribution in [3.8, 4) is 11.5 Å². The standard InChI is InChI=1S/C23H21N3O4S/c27-22(20-14-28-18-10-4-5-11-19(18)29-20)26-24-13-15-7-1-6-12-21(15)31-23-25-16-8-2-3-9-17(16)30-23/h2-5,8-11,13,20H,1,6-7,12,14H2,(H,26,27)/b24-13-/t20-/m1/s1. The molecule has 158 valence electrons. The number of thioether (sulfide) groups is 1. The predicted molar refractivity (Wildman–Crippen MR) is 118 cm³/mol. The predicted octanol–water partition coefficient (Wildman–Crippen LogP) is 4.69. The molecular formula is C23H21N3O4S. The van der Waals surface area contributed by atoms with Crippen molar-refractivity contribution >= 4 is 35.0 Å². The van der Waals surface area contributed by atoms with Gasteiger partial charge in [0.15, 0.2) is 17.1 Å². The second-order valence-corrected chi connectivity index (χ2v) is 8.35. The maximum atomic E-state index is 12.4. The number of oxazole rings is 1. The lowest BCUT2D eigenvalue weighted by Crippen LogP contribution is -2.42. The number of fused-ring (bicyclic) bond motifs is 2. The van der Waals surface area contributed by atoms with Crippen LogP contribution in [-0.2, 0) is 4.79 Å². The third-order valence-corrected chi connectivity index (χ3v) is 6.20. The molecule has 31 heavy (non-hydrogen) atoms. The van der Waals surface area contributed by atoms with E-state index in [1.807, 2.05) is 42.5 Å². The molecule has 2 heterocycles. The Labute approximate surface area is 183 Å². The van der Waals surface area contributed by atoms with Crippen LogP contribution in [0.1, 0.15) is 25.7 Å². The molecule has 0 fully saturated rings. The number of hydrazone groups is 1. The van der Waals surface area contributed by atoms with Crippen molar-refractivity contribution in [1.29, 1.82) is 0 Å². The van der Waals surface area contributed by atoms with Crippen molar-refractivity contribution in [2.24, 2.45) is 5.10 Å². The Hall–Kier alpha value is -3.26. The van der Waals surface area contributed by atoms with Crippen molar-refractivity contribution < 1.29 is 18.7 Å². The number of carbonyl (C=O) groups excluding carboxylic acids is 1. The van der Waals surface area contributed by atoms with Gasteiger partial charge in [-0.25, -0.2) is 10.4 Å². The molecule has 2 aromatic carbocycles. The van der Waals surface area contributed by atoms with Gasteiger partial charge in [0.1, 0.15) is 12.1 Å². The van der Waals surface area contributed by atoms with E-state index in [9.17, 15) is 4.79 Å². The van der Waals surface area contributed by atoms with Gasteiger partial charge < -0.3 is 13.9 Å². The molecule has 0 unspecified atom stereocenters. The van der Waals surface area contributed by atoms with Crippen LogP contribution in [0.3, 0.4) is 0 Å². The molecule has 1 aromatic heterocycles. The fourth-order valence-electron chi connectivity index (χ4n) is 3.55. The molecular weight excluding hydrogens is 414 g/mol. The molecule has 0 radical (unpaired) electrons. The molecule has 7 nitrogen and oxygen atoms in total. The fraction of sp³-hybridized carbons (Fsp3) is 0.261. The topological polar surface area (TPSA) is 86.0 Å². The van der Waals surface area contributed by atoms with Crippen molar-refractivity contribution in [2.75, 3.05) is 6.61 Å². The van der Waals surface area contributed by atoms with Crippen LogP contribution in [0.2, 0.25) is 0 Å². The smallest absolute Gasteiger partial charge is 0.284 e. The number of benzene rings is 2. The van der Waals surface area contributed by atoms with E-state index >= 15 is 0 Å². The highest BCUT2D eigenvalue weighted by Gasteiger charge is 2.27. The number of nitrogens with one attached hydrogen (secondary N) is 1.